The zero-order valence-electron chi connectivity index (χ0n) is 9.90. The normalized spacial score (nSPS) is 12.5. The van der Waals surface area contributed by atoms with E-state index in [2.05, 4.69) is 62.7 Å². The quantitative estimate of drug-likeness (QED) is 0.749. The van der Waals surface area contributed by atoms with Crippen LogP contribution in [0.5, 0.6) is 0 Å². The number of anilines is 1. The summed E-state index contributed by atoms with van der Waals surface area (Å²) in [7, 11) is 2.16. The SMILES string of the molecule is CCC(CS)CN(C)c1ccccc1C. The fourth-order valence-corrected chi connectivity index (χ4v) is 2.17. The summed E-state index contributed by atoms with van der Waals surface area (Å²) in [5, 5.41) is 0. The second kappa shape index (κ2) is 6.06. The third-order valence-corrected chi connectivity index (χ3v) is 3.41. The molecule has 0 aliphatic rings. The van der Waals surface area contributed by atoms with Gasteiger partial charge in [0.25, 0.3) is 0 Å². The van der Waals surface area contributed by atoms with Crippen molar-refractivity contribution in [2.45, 2.75) is 20.3 Å². The minimum atomic E-state index is 0.679. The van der Waals surface area contributed by atoms with Gasteiger partial charge >= 0.3 is 0 Å². The van der Waals surface area contributed by atoms with E-state index in [9.17, 15) is 0 Å². The van der Waals surface area contributed by atoms with E-state index in [0.29, 0.717) is 5.92 Å². The van der Waals surface area contributed by atoms with Crippen molar-refractivity contribution >= 4 is 18.3 Å². The molecule has 0 spiro atoms. The van der Waals surface area contributed by atoms with E-state index in [-0.39, 0.29) is 0 Å². The number of aryl methyl sites for hydroxylation is 1. The monoisotopic (exact) mass is 223 g/mol. The standard InChI is InChI=1S/C13H21NS/c1-4-12(10-15)9-14(3)13-8-6-5-7-11(13)2/h5-8,12,15H,4,9-10H2,1-3H3. The van der Waals surface area contributed by atoms with Crippen molar-refractivity contribution in [1.29, 1.82) is 0 Å². The lowest BCUT2D eigenvalue weighted by Gasteiger charge is -2.25. The van der Waals surface area contributed by atoms with Gasteiger partial charge in [-0.25, -0.2) is 0 Å². The predicted octanol–water partition coefficient (Wildman–Crippen LogP) is 3.39. The first-order valence-electron chi connectivity index (χ1n) is 5.56. The zero-order chi connectivity index (χ0) is 11.3. The van der Waals surface area contributed by atoms with Gasteiger partial charge in [-0.15, -0.1) is 0 Å². The Balaban J connectivity index is 2.68. The van der Waals surface area contributed by atoms with Gasteiger partial charge in [0.05, 0.1) is 0 Å². The lowest BCUT2D eigenvalue weighted by molar-refractivity contribution is 0.570. The van der Waals surface area contributed by atoms with E-state index in [4.69, 9.17) is 0 Å². The molecule has 15 heavy (non-hydrogen) atoms. The molecule has 0 fully saturated rings. The molecule has 0 saturated heterocycles. The summed E-state index contributed by atoms with van der Waals surface area (Å²) in [6.45, 7) is 5.48. The first-order valence-corrected chi connectivity index (χ1v) is 6.19. The summed E-state index contributed by atoms with van der Waals surface area (Å²) in [5.74, 6) is 1.64. The average Bonchev–Trinajstić information content (AvgIpc) is 2.26. The Morgan fingerprint density at radius 3 is 2.53 bits per heavy atom. The third kappa shape index (κ3) is 3.45. The van der Waals surface area contributed by atoms with Gasteiger partial charge in [0.2, 0.25) is 0 Å². The number of para-hydroxylation sites is 1. The molecule has 1 nitrogen and oxygen atoms in total. The van der Waals surface area contributed by atoms with Crippen molar-refractivity contribution in [3.8, 4) is 0 Å². The molecule has 0 amide bonds. The summed E-state index contributed by atoms with van der Waals surface area (Å²) < 4.78 is 0. The molecule has 0 aliphatic heterocycles. The summed E-state index contributed by atoms with van der Waals surface area (Å²) >= 11 is 4.38. The maximum Gasteiger partial charge on any atom is 0.0393 e. The van der Waals surface area contributed by atoms with Gasteiger partial charge in [-0.05, 0) is 30.2 Å². The summed E-state index contributed by atoms with van der Waals surface area (Å²) in [6.07, 6.45) is 1.19. The summed E-state index contributed by atoms with van der Waals surface area (Å²) in [6, 6.07) is 8.52. The molecular weight excluding hydrogens is 202 g/mol. The first-order chi connectivity index (χ1) is 7.19. The molecular formula is C13H21NS. The second-order valence-corrected chi connectivity index (χ2v) is 4.49. The lowest BCUT2D eigenvalue weighted by atomic mass is 10.1. The van der Waals surface area contributed by atoms with Gasteiger partial charge in [0.1, 0.15) is 0 Å². The van der Waals surface area contributed by atoms with Crippen molar-refractivity contribution in [2.24, 2.45) is 5.92 Å². The predicted molar refractivity (Wildman–Crippen MR) is 72.1 cm³/mol. The van der Waals surface area contributed by atoms with Gasteiger partial charge in [-0.1, -0.05) is 31.5 Å². The number of rotatable bonds is 5. The summed E-state index contributed by atoms with van der Waals surface area (Å²) in [5.41, 5.74) is 2.67. The number of hydrogen-bond acceptors (Lipinski definition) is 2. The average molecular weight is 223 g/mol. The molecule has 1 rings (SSSR count). The maximum absolute atomic E-state index is 4.38. The molecule has 1 unspecified atom stereocenters. The van der Waals surface area contributed by atoms with E-state index in [0.717, 1.165) is 12.3 Å². The van der Waals surface area contributed by atoms with Crippen LogP contribution in [0.3, 0.4) is 0 Å². The fourth-order valence-electron chi connectivity index (χ4n) is 1.79. The zero-order valence-corrected chi connectivity index (χ0v) is 10.8. The van der Waals surface area contributed by atoms with Gasteiger partial charge in [0.15, 0.2) is 0 Å². The number of thiol groups is 1. The molecule has 0 bridgehead atoms. The maximum atomic E-state index is 4.38. The second-order valence-electron chi connectivity index (χ2n) is 4.12. The van der Waals surface area contributed by atoms with Crippen LogP contribution in [0.2, 0.25) is 0 Å². The van der Waals surface area contributed by atoms with E-state index in [1.54, 1.807) is 0 Å². The highest BCUT2D eigenvalue weighted by Crippen LogP contribution is 2.19. The van der Waals surface area contributed by atoms with Crippen LogP contribution in [-0.2, 0) is 0 Å². The minimum Gasteiger partial charge on any atom is -0.374 e. The van der Waals surface area contributed by atoms with Crippen LogP contribution in [0.4, 0.5) is 5.69 Å². The summed E-state index contributed by atoms with van der Waals surface area (Å²) in [4.78, 5) is 2.33. The fraction of sp³-hybridized carbons (Fsp3) is 0.538. The van der Waals surface area contributed by atoms with Crippen LogP contribution in [0.15, 0.2) is 24.3 Å². The van der Waals surface area contributed by atoms with E-state index in [1.165, 1.54) is 17.7 Å². The van der Waals surface area contributed by atoms with Crippen LogP contribution in [0.25, 0.3) is 0 Å². The molecule has 2 heteroatoms. The highest BCUT2D eigenvalue weighted by molar-refractivity contribution is 7.80. The van der Waals surface area contributed by atoms with Crippen LogP contribution < -0.4 is 4.90 Å². The Labute approximate surface area is 98.9 Å². The Morgan fingerprint density at radius 1 is 1.33 bits per heavy atom. The number of benzene rings is 1. The topological polar surface area (TPSA) is 3.24 Å². The third-order valence-electron chi connectivity index (χ3n) is 2.89. The molecule has 0 N–H and O–H groups in total. The van der Waals surface area contributed by atoms with Crippen molar-refractivity contribution < 1.29 is 0 Å². The van der Waals surface area contributed by atoms with E-state index < -0.39 is 0 Å². The first kappa shape index (κ1) is 12.4. The van der Waals surface area contributed by atoms with Crippen LogP contribution in [0, 0.1) is 12.8 Å². The molecule has 0 heterocycles. The van der Waals surface area contributed by atoms with E-state index in [1.807, 2.05) is 0 Å². The smallest absolute Gasteiger partial charge is 0.0393 e. The largest absolute Gasteiger partial charge is 0.374 e. The Bertz CT molecular complexity index is 294. The van der Waals surface area contributed by atoms with Crippen molar-refractivity contribution in [3.63, 3.8) is 0 Å². The van der Waals surface area contributed by atoms with Crippen molar-refractivity contribution in [1.82, 2.24) is 0 Å². The van der Waals surface area contributed by atoms with Gasteiger partial charge < -0.3 is 4.90 Å². The molecule has 1 atom stereocenters. The van der Waals surface area contributed by atoms with E-state index >= 15 is 0 Å². The highest BCUT2D eigenvalue weighted by atomic mass is 32.1. The van der Waals surface area contributed by atoms with Crippen LogP contribution >= 0.6 is 12.6 Å². The van der Waals surface area contributed by atoms with Gasteiger partial charge in [-0.2, -0.15) is 12.6 Å². The minimum absolute atomic E-state index is 0.679. The molecule has 0 aromatic heterocycles. The van der Waals surface area contributed by atoms with Gasteiger partial charge in [0, 0.05) is 19.3 Å². The Kier molecular flexibility index (Phi) is 5.03. The van der Waals surface area contributed by atoms with Crippen molar-refractivity contribution in [2.75, 3.05) is 24.2 Å². The van der Waals surface area contributed by atoms with Crippen LogP contribution in [0.1, 0.15) is 18.9 Å². The Morgan fingerprint density at radius 2 is 2.00 bits per heavy atom. The molecule has 0 aliphatic carbocycles. The highest BCUT2D eigenvalue weighted by Gasteiger charge is 2.09. The molecule has 1 aromatic rings. The number of nitrogens with zero attached hydrogens (tertiary/aromatic N) is 1. The molecule has 1 aromatic carbocycles. The lowest BCUT2D eigenvalue weighted by Crippen LogP contribution is -2.26. The van der Waals surface area contributed by atoms with Crippen molar-refractivity contribution in [3.05, 3.63) is 29.8 Å². The molecule has 0 radical (unpaired) electrons. The number of hydrogen-bond donors (Lipinski definition) is 1. The van der Waals surface area contributed by atoms with Crippen LogP contribution in [-0.4, -0.2) is 19.3 Å². The Hall–Kier alpha value is -0.630. The molecule has 84 valence electrons. The molecule has 0 saturated carbocycles. The van der Waals surface area contributed by atoms with Gasteiger partial charge in [-0.3, -0.25) is 0 Å².